The summed E-state index contributed by atoms with van der Waals surface area (Å²) in [7, 11) is 0. The number of aliphatic hydroxyl groups is 6. The molecule has 0 saturated heterocycles. The third kappa shape index (κ3) is 4.97. The summed E-state index contributed by atoms with van der Waals surface area (Å²) in [6.07, 6.45) is 0. The Morgan fingerprint density at radius 3 is 1.04 bits per heavy atom. The standard InChI is InChI=1S/C16H24N2O8/c19-5-15(6-20,7-21)17-13(25)11-1-2-12(4-3-11)14(26)18-16(8-22,9-23)10-24/h1-4,19-24H,5-10H2,(H,17,25)(H,18,26). The van der Waals surface area contributed by atoms with E-state index >= 15 is 0 Å². The number of rotatable bonds is 10. The highest BCUT2D eigenvalue weighted by Crippen LogP contribution is 2.10. The van der Waals surface area contributed by atoms with Gasteiger partial charge in [0, 0.05) is 11.1 Å². The molecule has 0 radical (unpaired) electrons. The van der Waals surface area contributed by atoms with Gasteiger partial charge in [0.1, 0.15) is 11.1 Å². The molecule has 0 heterocycles. The van der Waals surface area contributed by atoms with Gasteiger partial charge in [0.05, 0.1) is 39.6 Å². The van der Waals surface area contributed by atoms with Crippen molar-refractivity contribution in [3.8, 4) is 0 Å². The predicted molar refractivity (Wildman–Crippen MR) is 89.4 cm³/mol. The zero-order valence-corrected chi connectivity index (χ0v) is 14.1. The van der Waals surface area contributed by atoms with Gasteiger partial charge in [-0.25, -0.2) is 0 Å². The molecule has 0 spiro atoms. The zero-order valence-electron chi connectivity index (χ0n) is 14.1. The van der Waals surface area contributed by atoms with Crippen LogP contribution in [0, 0.1) is 0 Å². The van der Waals surface area contributed by atoms with Gasteiger partial charge in [0.2, 0.25) is 0 Å². The summed E-state index contributed by atoms with van der Waals surface area (Å²) in [5.74, 6) is -1.35. The van der Waals surface area contributed by atoms with Crippen molar-refractivity contribution in [2.24, 2.45) is 0 Å². The van der Waals surface area contributed by atoms with Gasteiger partial charge < -0.3 is 41.3 Å². The van der Waals surface area contributed by atoms with Crippen molar-refractivity contribution in [3.05, 3.63) is 35.4 Å². The van der Waals surface area contributed by atoms with E-state index in [0.717, 1.165) is 0 Å². The number of amides is 2. The third-order valence-electron chi connectivity index (χ3n) is 3.98. The van der Waals surface area contributed by atoms with Gasteiger partial charge in [0.25, 0.3) is 11.8 Å². The second kappa shape index (κ2) is 9.57. The summed E-state index contributed by atoms with van der Waals surface area (Å²) in [5, 5.41) is 60.0. The highest BCUT2D eigenvalue weighted by molar-refractivity contribution is 5.98. The van der Waals surface area contributed by atoms with E-state index in [1.807, 2.05) is 0 Å². The molecule has 2 amide bonds. The Balaban J connectivity index is 2.88. The number of nitrogens with one attached hydrogen (secondary N) is 2. The average molecular weight is 372 g/mol. The third-order valence-corrected chi connectivity index (χ3v) is 3.98. The molecule has 10 nitrogen and oxygen atoms in total. The van der Waals surface area contributed by atoms with Crippen LogP contribution in [0.2, 0.25) is 0 Å². The van der Waals surface area contributed by atoms with Crippen molar-refractivity contribution in [2.75, 3.05) is 39.6 Å². The van der Waals surface area contributed by atoms with Crippen molar-refractivity contribution in [1.29, 1.82) is 0 Å². The topological polar surface area (TPSA) is 180 Å². The van der Waals surface area contributed by atoms with Crippen molar-refractivity contribution in [2.45, 2.75) is 11.1 Å². The van der Waals surface area contributed by atoms with E-state index in [-0.39, 0.29) is 11.1 Å². The summed E-state index contributed by atoms with van der Waals surface area (Å²) < 4.78 is 0. The molecule has 0 aromatic heterocycles. The molecule has 0 aliphatic heterocycles. The molecule has 1 rings (SSSR count). The quantitative estimate of drug-likeness (QED) is 0.209. The van der Waals surface area contributed by atoms with Crippen molar-refractivity contribution >= 4 is 11.8 Å². The fraction of sp³-hybridized carbons (Fsp3) is 0.500. The first-order chi connectivity index (χ1) is 12.3. The van der Waals surface area contributed by atoms with Gasteiger partial charge >= 0.3 is 0 Å². The number of hydrogen-bond donors (Lipinski definition) is 8. The molecular formula is C16H24N2O8. The fourth-order valence-corrected chi connectivity index (χ4v) is 1.94. The van der Waals surface area contributed by atoms with Crippen molar-refractivity contribution < 1.29 is 40.2 Å². The Morgan fingerprint density at radius 2 is 0.846 bits per heavy atom. The van der Waals surface area contributed by atoms with Crippen LogP contribution in [0.4, 0.5) is 0 Å². The maximum absolute atomic E-state index is 12.1. The number of carbonyl (C=O) groups is 2. The Bertz CT molecular complexity index is 527. The lowest BCUT2D eigenvalue weighted by molar-refractivity contribution is 0.0373. The first kappa shape index (κ1) is 22.0. The minimum absolute atomic E-state index is 0.110. The average Bonchev–Trinajstić information content (AvgIpc) is 2.70. The van der Waals surface area contributed by atoms with Gasteiger partial charge in [-0.15, -0.1) is 0 Å². The summed E-state index contributed by atoms with van der Waals surface area (Å²) in [5.41, 5.74) is -2.93. The lowest BCUT2D eigenvalue weighted by atomic mass is 10.0. The molecule has 0 atom stereocenters. The fourth-order valence-electron chi connectivity index (χ4n) is 1.94. The molecule has 1 aromatic rings. The Kier molecular flexibility index (Phi) is 8.08. The van der Waals surface area contributed by atoms with Crippen LogP contribution in [0.1, 0.15) is 20.7 Å². The molecule has 0 saturated carbocycles. The monoisotopic (exact) mass is 372 g/mol. The van der Waals surface area contributed by atoms with E-state index in [2.05, 4.69) is 10.6 Å². The first-order valence-electron chi connectivity index (χ1n) is 7.75. The van der Waals surface area contributed by atoms with Crippen LogP contribution in [0.25, 0.3) is 0 Å². The number of aliphatic hydroxyl groups excluding tert-OH is 6. The van der Waals surface area contributed by atoms with E-state index < -0.39 is 62.5 Å². The van der Waals surface area contributed by atoms with Gasteiger partial charge in [-0.2, -0.15) is 0 Å². The highest BCUT2D eigenvalue weighted by atomic mass is 16.3. The largest absolute Gasteiger partial charge is 0.394 e. The van der Waals surface area contributed by atoms with Crippen LogP contribution in [-0.2, 0) is 0 Å². The molecule has 0 unspecified atom stereocenters. The summed E-state index contributed by atoms with van der Waals surface area (Å²) in [6.45, 7) is -4.01. The molecule has 1 aromatic carbocycles. The summed E-state index contributed by atoms with van der Waals surface area (Å²) >= 11 is 0. The molecule has 26 heavy (non-hydrogen) atoms. The van der Waals surface area contributed by atoms with Crippen LogP contribution < -0.4 is 10.6 Å². The molecule has 0 aliphatic rings. The van der Waals surface area contributed by atoms with Gasteiger partial charge in [0.15, 0.2) is 0 Å². The van der Waals surface area contributed by atoms with Gasteiger partial charge in [-0.05, 0) is 24.3 Å². The van der Waals surface area contributed by atoms with Crippen molar-refractivity contribution in [1.82, 2.24) is 10.6 Å². The highest BCUT2D eigenvalue weighted by Gasteiger charge is 2.31. The maximum Gasteiger partial charge on any atom is 0.251 e. The van der Waals surface area contributed by atoms with E-state index in [1.165, 1.54) is 24.3 Å². The molecule has 0 bridgehead atoms. The van der Waals surface area contributed by atoms with E-state index in [4.69, 9.17) is 0 Å². The molecule has 146 valence electrons. The smallest absolute Gasteiger partial charge is 0.251 e. The summed E-state index contributed by atoms with van der Waals surface area (Å²) in [4.78, 5) is 24.3. The second-order valence-electron chi connectivity index (χ2n) is 5.99. The molecule has 0 fully saturated rings. The second-order valence-corrected chi connectivity index (χ2v) is 5.99. The Morgan fingerprint density at radius 1 is 0.615 bits per heavy atom. The van der Waals surface area contributed by atoms with Crippen LogP contribution in [0.3, 0.4) is 0 Å². The van der Waals surface area contributed by atoms with Crippen molar-refractivity contribution in [3.63, 3.8) is 0 Å². The normalized spacial score (nSPS) is 11.9. The molecule has 0 aliphatic carbocycles. The lowest BCUT2D eigenvalue weighted by Crippen LogP contribution is -2.57. The molecule has 10 heteroatoms. The Hall–Kier alpha value is -2.08. The van der Waals surface area contributed by atoms with E-state index in [1.54, 1.807) is 0 Å². The minimum atomic E-state index is -1.57. The van der Waals surface area contributed by atoms with Crippen LogP contribution in [0.15, 0.2) is 24.3 Å². The van der Waals surface area contributed by atoms with Gasteiger partial charge in [-0.1, -0.05) is 0 Å². The van der Waals surface area contributed by atoms with Gasteiger partial charge in [-0.3, -0.25) is 9.59 Å². The van der Waals surface area contributed by atoms with E-state index in [9.17, 15) is 40.2 Å². The van der Waals surface area contributed by atoms with Crippen LogP contribution in [-0.4, -0.2) is 93.2 Å². The molecule has 8 N–H and O–H groups in total. The zero-order chi connectivity index (χ0) is 19.8. The number of hydrogen-bond acceptors (Lipinski definition) is 8. The SMILES string of the molecule is O=C(NC(CO)(CO)CO)c1ccc(C(=O)NC(CO)(CO)CO)cc1. The lowest BCUT2D eigenvalue weighted by Gasteiger charge is -2.29. The van der Waals surface area contributed by atoms with Crippen LogP contribution >= 0.6 is 0 Å². The number of benzene rings is 1. The summed E-state index contributed by atoms with van der Waals surface area (Å²) in [6, 6.07) is 5.22. The predicted octanol–water partition coefficient (Wildman–Crippen LogP) is -3.42. The minimum Gasteiger partial charge on any atom is -0.394 e. The number of carbonyl (C=O) groups excluding carboxylic acids is 2. The van der Waals surface area contributed by atoms with E-state index in [0.29, 0.717) is 0 Å². The molecular weight excluding hydrogens is 348 g/mol. The van der Waals surface area contributed by atoms with Crippen LogP contribution in [0.5, 0.6) is 0 Å². The first-order valence-corrected chi connectivity index (χ1v) is 7.75. The Labute approximate surface area is 149 Å². The maximum atomic E-state index is 12.1.